The Morgan fingerprint density at radius 1 is 0.725 bits per heavy atom. The number of amides is 1. The molecule has 4 aromatic rings. The highest BCUT2D eigenvalue weighted by atomic mass is 31.2. The van der Waals surface area contributed by atoms with E-state index in [1.165, 1.54) is 4.90 Å². The second-order valence-electron chi connectivity index (χ2n) is 9.09. The van der Waals surface area contributed by atoms with Crippen LogP contribution in [0.3, 0.4) is 0 Å². The van der Waals surface area contributed by atoms with Crippen LogP contribution < -0.4 is 9.26 Å². The number of phosphoric ester groups is 1. The molecule has 8 nitrogen and oxygen atoms in total. The molecular weight excluding hydrogens is 529 g/mol. The van der Waals surface area contributed by atoms with E-state index >= 15 is 0 Å². The van der Waals surface area contributed by atoms with Crippen molar-refractivity contribution in [1.29, 1.82) is 0 Å². The normalized spacial score (nSPS) is 12.2. The Kier molecular flexibility index (Phi) is 10.4. The van der Waals surface area contributed by atoms with E-state index in [-0.39, 0.29) is 25.6 Å². The molecule has 208 valence electrons. The highest BCUT2D eigenvalue weighted by Gasteiger charge is 2.25. The van der Waals surface area contributed by atoms with Crippen molar-refractivity contribution in [3.05, 3.63) is 131 Å². The number of nitrogens with zero attached hydrogens (tertiary/aromatic N) is 1. The molecule has 0 saturated heterocycles. The number of benzene rings is 4. The van der Waals surface area contributed by atoms with Gasteiger partial charge in [-0.2, -0.15) is 0 Å². The summed E-state index contributed by atoms with van der Waals surface area (Å²) in [7, 11) is -2.82. The minimum absolute atomic E-state index is 0.0710. The second-order valence-corrected chi connectivity index (χ2v) is 10.5. The maximum absolute atomic E-state index is 12.8. The first-order chi connectivity index (χ1) is 19.4. The fourth-order valence-corrected chi connectivity index (χ4v) is 4.49. The SMILES string of the molecule is CN(CCc1ccc(OCc2ccccc2)c(OP(=O)(O)OCc2ccccc2)c1)C(=O)OCc1ccccc1. The molecule has 1 unspecified atom stereocenters. The summed E-state index contributed by atoms with van der Waals surface area (Å²) >= 11 is 0. The molecule has 0 saturated carbocycles. The first-order valence-electron chi connectivity index (χ1n) is 12.8. The summed E-state index contributed by atoms with van der Waals surface area (Å²) in [5.74, 6) is 0.363. The molecular formula is C31H32NO7P. The molecule has 0 aromatic heterocycles. The summed E-state index contributed by atoms with van der Waals surface area (Å²) in [5.41, 5.74) is 3.34. The standard InChI is InChI=1S/C31H32NO7P/c1-32(31(33)37-23-27-13-7-3-8-14-27)20-19-25-17-18-29(36-22-26-11-5-2-6-12-26)30(21-25)39-40(34,35)38-24-28-15-9-4-10-16-28/h2-18,21H,19-20,22-24H2,1H3,(H,34,35). The summed E-state index contributed by atoms with van der Waals surface area (Å²) in [5, 5.41) is 0. The number of hydrogen-bond donors (Lipinski definition) is 1. The quantitative estimate of drug-likeness (QED) is 0.180. The predicted octanol–water partition coefficient (Wildman–Crippen LogP) is 6.77. The van der Waals surface area contributed by atoms with Crippen LogP contribution in [-0.4, -0.2) is 29.5 Å². The van der Waals surface area contributed by atoms with Gasteiger partial charge in [-0.15, -0.1) is 0 Å². The van der Waals surface area contributed by atoms with Crippen LogP contribution in [0.1, 0.15) is 22.3 Å². The van der Waals surface area contributed by atoms with Crippen LogP contribution in [-0.2, 0) is 40.1 Å². The van der Waals surface area contributed by atoms with Crippen LogP contribution in [0.2, 0.25) is 0 Å². The molecule has 0 fully saturated rings. The molecule has 0 bridgehead atoms. The van der Waals surface area contributed by atoms with Gasteiger partial charge in [-0.05, 0) is 40.8 Å². The number of likely N-dealkylation sites (N-methyl/N-ethyl adjacent to an activating group) is 1. The lowest BCUT2D eigenvalue weighted by Crippen LogP contribution is -2.29. The molecule has 40 heavy (non-hydrogen) atoms. The fourth-order valence-electron chi connectivity index (χ4n) is 3.73. The maximum atomic E-state index is 12.8. The van der Waals surface area contributed by atoms with Gasteiger partial charge in [0.2, 0.25) is 0 Å². The van der Waals surface area contributed by atoms with Crippen molar-refractivity contribution >= 4 is 13.9 Å². The van der Waals surface area contributed by atoms with Crippen molar-refractivity contribution in [2.24, 2.45) is 0 Å². The Morgan fingerprint density at radius 3 is 1.88 bits per heavy atom. The molecule has 0 aliphatic carbocycles. The van der Waals surface area contributed by atoms with Crippen LogP contribution in [0.25, 0.3) is 0 Å². The molecule has 4 rings (SSSR count). The largest absolute Gasteiger partial charge is 0.527 e. The van der Waals surface area contributed by atoms with E-state index < -0.39 is 13.9 Å². The lowest BCUT2D eigenvalue weighted by atomic mass is 10.1. The molecule has 9 heteroatoms. The molecule has 1 amide bonds. The minimum atomic E-state index is -4.48. The van der Waals surface area contributed by atoms with Gasteiger partial charge in [-0.25, -0.2) is 9.36 Å². The number of hydrogen-bond acceptors (Lipinski definition) is 6. The summed E-state index contributed by atoms with van der Waals surface area (Å²) in [6.45, 7) is 0.695. The van der Waals surface area contributed by atoms with Crippen molar-refractivity contribution in [2.75, 3.05) is 13.6 Å². The van der Waals surface area contributed by atoms with Gasteiger partial charge in [0.1, 0.15) is 13.2 Å². The molecule has 0 aliphatic rings. The lowest BCUT2D eigenvalue weighted by molar-refractivity contribution is 0.105. The number of phosphoric acid groups is 1. The zero-order valence-electron chi connectivity index (χ0n) is 22.2. The monoisotopic (exact) mass is 561 g/mol. The summed E-state index contributed by atoms with van der Waals surface area (Å²) in [6.07, 6.45) is 0.00432. The van der Waals surface area contributed by atoms with Crippen LogP contribution in [0.5, 0.6) is 11.5 Å². The highest BCUT2D eigenvalue weighted by molar-refractivity contribution is 7.47. The number of rotatable bonds is 13. The average molecular weight is 562 g/mol. The maximum Gasteiger partial charge on any atom is 0.527 e. The molecule has 1 atom stereocenters. The zero-order chi connectivity index (χ0) is 28.2. The van der Waals surface area contributed by atoms with E-state index in [4.69, 9.17) is 18.5 Å². The van der Waals surface area contributed by atoms with Crippen LogP contribution in [0.4, 0.5) is 4.79 Å². The summed E-state index contributed by atoms with van der Waals surface area (Å²) in [6, 6.07) is 33.2. The van der Waals surface area contributed by atoms with Gasteiger partial charge >= 0.3 is 13.9 Å². The Balaban J connectivity index is 1.41. The molecule has 4 aromatic carbocycles. The van der Waals surface area contributed by atoms with E-state index in [0.717, 1.165) is 22.3 Å². The van der Waals surface area contributed by atoms with Crippen molar-refractivity contribution in [2.45, 2.75) is 26.2 Å². The Morgan fingerprint density at radius 2 is 1.27 bits per heavy atom. The van der Waals surface area contributed by atoms with Gasteiger partial charge < -0.3 is 18.9 Å². The van der Waals surface area contributed by atoms with Crippen molar-refractivity contribution < 1.29 is 32.8 Å². The van der Waals surface area contributed by atoms with Gasteiger partial charge in [0.25, 0.3) is 0 Å². The topological polar surface area (TPSA) is 94.5 Å². The third-order valence-corrected chi connectivity index (χ3v) is 6.83. The van der Waals surface area contributed by atoms with Gasteiger partial charge in [0.15, 0.2) is 11.5 Å². The van der Waals surface area contributed by atoms with Gasteiger partial charge in [0.05, 0.1) is 6.61 Å². The number of carbonyl (C=O) groups is 1. The average Bonchev–Trinajstić information content (AvgIpc) is 2.98. The first kappa shape index (κ1) is 28.9. The van der Waals surface area contributed by atoms with E-state index in [9.17, 15) is 14.3 Å². The fraction of sp³-hybridized carbons (Fsp3) is 0.194. The highest BCUT2D eigenvalue weighted by Crippen LogP contribution is 2.47. The van der Waals surface area contributed by atoms with E-state index in [0.29, 0.717) is 18.7 Å². The smallest absolute Gasteiger partial charge is 0.485 e. The van der Waals surface area contributed by atoms with Gasteiger partial charge in [-0.3, -0.25) is 9.42 Å². The van der Waals surface area contributed by atoms with E-state index in [1.54, 1.807) is 31.3 Å². The summed E-state index contributed by atoms with van der Waals surface area (Å²) in [4.78, 5) is 24.4. The van der Waals surface area contributed by atoms with Crippen molar-refractivity contribution in [3.8, 4) is 11.5 Å². The lowest BCUT2D eigenvalue weighted by Gasteiger charge is -2.19. The van der Waals surface area contributed by atoms with Gasteiger partial charge in [0, 0.05) is 13.6 Å². The van der Waals surface area contributed by atoms with Crippen LogP contribution in [0, 0.1) is 0 Å². The molecule has 0 heterocycles. The molecule has 0 spiro atoms. The molecule has 1 N–H and O–H groups in total. The third-order valence-electron chi connectivity index (χ3n) is 5.95. The first-order valence-corrected chi connectivity index (χ1v) is 14.3. The molecule has 0 radical (unpaired) electrons. The van der Waals surface area contributed by atoms with E-state index in [2.05, 4.69) is 0 Å². The third kappa shape index (κ3) is 9.27. The van der Waals surface area contributed by atoms with Gasteiger partial charge in [-0.1, -0.05) is 97.1 Å². The molecule has 0 aliphatic heterocycles. The Labute approximate surface area is 234 Å². The second kappa shape index (κ2) is 14.3. The van der Waals surface area contributed by atoms with Crippen molar-refractivity contribution in [3.63, 3.8) is 0 Å². The number of carbonyl (C=O) groups excluding carboxylic acids is 1. The minimum Gasteiger partial charge on any atom is -0.485 e. The Bertz CT molecular complexity index is 1400. The predicted molar refractivity (Wildman–Crippen MR) is 152 cm³/mol. The Hall–Kier alpha value is -4.10. The summed E-state index contributed by atoms with van der Waals surface area (Å²) < 4.78 is 34.9. The number of ether oxygens (including phenoxy) is 2. The van der Waals surface area contributed by atoms with Crippen LogP contribution in [0.15, 0.2) is 109 Å². The van der Waals surface area contributed by atoms with E-state index in [1.807, 2.05) is 84.9 Å². The van der Waals surface area contributed by atoms with Crippen LogP contribution >= 0.6 is 7.82 Å². The zero-order valence-corrected chi connectivity index (χ0v) is 23.1. The van der Waals surface area contributed by atoms with Crippen molar-refractivity contribution in [1.82, 2.24) is 4.90 Å².